The third-order valence-electron chi connectivity index (χ3n) is 4.52. The number of benzene rings is 2. The fourth-order valence-electron chi connectivity index (χ4n) is 3.14. The molecule has 1 aliphatic rings. The third-order valence-corrected chi connectivity index (χ3v) is 4.75. The van der Waals surface area contributed by atoms with Crippen molar-refractivity contribution in [3.63, 3.8) is 0 Å². The van der Waals surface area contributed by atoms with E-state index in [-0.39, 0.29) is 17.9 Å². The molecule has 0 unspecified atom stereocenters. The number of amidine groups is 1. The highest BCUT2D eigenvalue weighted by Crippen LogP contribution is 2.32. The van der Waals surface area contributed by atoms with Crippen molar-refractivity contribution in [2.24, 2.45) is 4.99 Å². The van der Waals surface area contributed by atoms with Gasteiger partial charge in [0.2, 0.25) is 0 Å². The number of nitrogens with zero attached hydrogens (tertiary/aromatic N) is 2. The summed E-state index contributed by atoms with van der Waals surface area (Å²) in [4.78, 5) is 19.0. The molecule has 3 rings (SSSR count). The Balaban J connectivity index is 1.74. The van der Waals surface area contributed by atoms with Gasteiger partial charge < -0.3 is 4.74 Å². The lowest BCUT2D eigenvalue weighted by Crippen LogP contribution is -2.38. The van der Waals surface area contributed by atoms with Crippen molar-refractivity contribution in [2.45, 2.75) is 33.1 Å². The summed E-state index contributed by atoms with van der Waals surface area (Å²) >= 11 is 6.08. The van der Waals surface area contributed by atoms with E-state index < -0.39 is 0 Å². The van der Waals surface area contributed by atoms with Crippen LogP contribution in [-0.2, 0) is 10.2 Å². The van der Waals surface area contributed by atoms with Crippen LogP contribution in [0.3, 0.4) is 0 Å². The van der Waals surface area contributed by atoms with E-state index in [9.17, 15) is 4.79 Å². The first-order chi connectivity index (χ1) is 12.8. The topological polar surface area (TPSA) is 41.9 Å². The summed E-state index contributed by atoms with van der Waals surface area (Å²) < 4.78 is 5.93. The number of rotatable bonds is 4. The number of amides is 1. The molecule has 0 spiro atoms. The Hall–Kier alpha value is -2.33. The molecule has 0 saturated heterocycles. The van der Waals surface area contributed by atoms with Gasteiger partial charge >= 0.3 is 0 Å². The molecule has 0 radical (unpaired) electrons. The van der Waals surface area contributed by atoms with E-state index in [1.54, 1.807) is 11.0 Å². The van der Waals surface area contributed by atoms with Crippen LogP contribution in [0.25, 0.3) is 0 Å². The normalized spacial score (nSPS) is 14.3. The first kappa shape index (κ1) is 19.4. The van der Waals surface area contributed by atoms with E-state index in [1.807, 2.05) is 30.3 Å². The van der Waals surface area contributed by atoms with E-state index >= 15 is 0 Å². The van der Waals surface area contributed by atoms with E-state index in [0.717, 1.165) is 16.9 Å². The van der Waals surface area contributed by atoms with Gasteiger partial charge in [0, 0.05) is 17.1 Å². The minimum Gasteiger partial charge on any atom is -0.483 e. The highest BCUT2D eigenvalue weighted by atomic mass is 35.5. The van der Waals surface area contributed by atoms with Crippen LogP contribution in [0.4, 0.5) is 0 Å². The molecule has 0 N–H and O–H groups in total. The molecular weight excluding hydrogens is 360 g/mol. The Kier molecular flexibility index (Phi) is 5.56. The van der Waals surface area contributed by atoms with E-state index in [0.29, 0.717) is 23.9 Å². The van der Waals surface area contributed by atoms with Gasteiger partial charge in [0.25, 0.3) is 5.91 Å². The molecule has 0 saturated carbocycles. The highest BCUT2D eigenvalue weighted by molar-refractivity contribution is 6.31. The van der Waals surface area contributed by atoms with Crippen LogP contribution >= 0.6 is 11.6 Å². The molecule has 5 heteroatoms. The number of aliphatic imine (C=N–C) groups is 1. The minimum atomic E-state index is -0.105. The Bertz CT molecular complexity index is 884. The van der Waals surface area contributed by atoms with Crippen molar-refractivity contribution in [2.75, 3.05) is 19.7 Å². The zero-order valence-electron chi connectivity index (χ0n) is 16.3. The number of carbonyl (C=O) groups is 1. The Morgan fingerprint density at radius 3 is 2.70 bits per heavy atom. The van der Waals surface area contributed by atoms with Crippen LogP contribution in [-0.4, -0.2) is 36.3 Å². The predicted octanol–water partition coefficient (Wildman–Crippen LogP) is 4.61. The maximum Gasteiger partial charge on any atom is 0.266 e. The lowest BCUT2D eigenvalue weighted by Gasteiger charge is -2.24. The van der Waals surface area contributed by atoms with Gasteiger partial charge in [-0.05, 0) is 36.1 Å². The smallest absolute Gasteiger partial charge is 0.266 e. The molecule has 0 fully saturated rings. The second-order valence-electron chi connectivity index (χ2n) is 7.80. The number of ether oxygens (including phenoxy) is 1. The Labute approximate surface area is 165 Å². The summed E-state index contributed by atoms with van der Waals surface area (Å²) in [7, 11) is 0. The number of hydrogen-bond acceptors (Lipinski definition) is 3. The molecule has 4 nitrogen and oxygen atoms in total. The van der Waals surface area contributed by atoms with Crippen LogP contribution in [0, 0.1) is 6.92 Å². The maximum atomic E-state index is 12.8. The average molecular weight is 385 g/mol. The zero-order chi connectivity index (χ0) is 19.6. The Morgan fingerprint density at radius 1 is 1.22 bits per heavy atom. The zero-order valence-corrected chi connectivity index (χ0v) is 17.0. The van der Waals surface area contributed by atoms with Gasteiger partial charge in [0.1, 0.15) is 11.6 Å². The van der Waals surface area contributed by atoms with Crippen molar-refractivity contribution in [3.8, 4) is 5.75 Å². The van der Waals surface area contributed by atoms with Gasteiger partial charge in [0.15, 0.2) is 6.61 Å². The molecule has 0 aliphatic carbocycles. The van der Waals surface area contributed by atoms with Gasteiger partial charge in [-0.3, -0.25) is 14.7 Å². The molecule has 27 heavy (non-hydrogen) atoms. The summed E-state index contributed by atoms with van der Waals surface area (Å²) in [6.07, 6.45) is 0. The van der Waals surface area contributed by atoms with Gasteiger partial charge in [0.05, 0.1) is 6.54 Å². The molecule has 1 heterocycles. The SMILES string of the molecule is Cc1ccc(OCC(=O)N2CCN=C2c2cccc(Cl)c2)c(C(C)(C)C)c1. The highest BCUT2D eigenvalue weighted by Gasteiger charge is 2.26. The van der Waals surface area contributed by atoms with Crippen molar-refractivity contribution in [3.05, 3.63) is 64.2 Å². The van der Waals surface area contributed by atoms with Gasteiger partial charge in [-0.25, -0.2) is 0 Å². The standard InChI is InChI=1S/C22H25ClN2O2/c1-15-8-9-19(18(12-15)22(2,3)4)27-14-20(26)25-11-10-24-21(25)16-6-5-7-17(23)13-16/h5-9,12-13H,10-11,14H2,1-4H3. The minimum absolute atomic E-state index is 0.0221. The number of aryl methyl sites for hydroxylation is 1. The van der Waals surface area contributed by atoms with E-state index in [2.05, 4.69) is 38.8 Å². The van der Waals surface area contributed by atoms with Gasteiger partial charge in [-0.1, -0.05) is 62.2 Å². The molecule has 0 atom stereocenters. The molecule has 142 valence electrons. The fraction of sp³-hybridized carbons (Fsp3) is 0.364. The molecular formula is C22H25ClN2O2. The van der Waals surface area contributed by atoms with Crippen molar-refractivity contribution >= 4 is 23.3 Å². The quantitative estimate of drug-likeness (QED) is 0.772. The molecule has 2 aromatic carbocycles. The monoisotopic (exact) mass is 384 g/mol. The molecule has 0 bridgehead atoms. The fourth-order valence-corrected chi connectivity index (χ4v) is 3.33. The van der Waals surface area contributed by atoms with E-state index in [1.165, 1.54) is 5.56 Å². The van der Waals surface area contributed by atoms with Crippen LogP contribution in [0.15, 0.2) is 47.5 Å². The second kappa shape index (κ2) is 7.73. The van der Waals surface area contributed by atoms with E-state index in [4.69, 9.17) is 16.3 Å². The molecule has 0 aromatic heterocycles. The molecule has 2 aromatic rings. The maximum absolute atomic E-state index is 12.8. The van der Waals surface area contributed by atoms with Crippen LogP contribution < -0.4 is 4.74 Å². The summed E-state index contributed by atoms with van der Waals surface area (Å²) in [6.45, 7) is 9.60. The largest absolute Gasteiger partial charge is 0.483 e. The van der Waals surface area contributed by atoms with Crippen LogP contribution in [0.5, 0.6) is 5.75 Å². The van der Waals surface area contributed by atoms with Crippen molar-refractivity contribution < 1.29 is 9.53 Å². The van der Waals surface area contributed by atoms with Crippen LogP contribution in [0.2, 0.25) is 5.02 Å². The number of halogens is 1. The number of carbonyl (C=O) groups excluding carboxylic acids is 1. The first-order valence-electron chi connectivity index (χ1n) is 9.10. The lowest BCUT2D eigenvalue weighted by atomic mass is 9.85. The molecule has 1 amide bonds. The summed E-state index contributed by atoms with van der Waals surface area (Å²) in [5.74, 6) is 1.31. The van der Waals surface area contributed by atoms with Crippen molar-refractivity contribution in [1.29, 1.82) is 0 Å². The summed E-state index contributed by atoms with van der Waals surface area (Å²) in [5, 5.41) is 0.625. The molecule has 1 aliphatic heterocycles. The average Bonchev–Trinajstić information content (AvgIpc) is 3.09. The number of hydrogen-bond donors (Lipinski definition) is 0. The van der Waals surface area contributed by atoms with Crippen LogP contribution in [0.1, 0.15) is 37.5 Å². The van der Waals surface area contributed by atoms with Crippen molar-refractivity contribution in [1.82, 2.24) is 4.90 Å². The first-order valence-corrected chi connectivity index (χ1v) is 9.48. The predicted molar refractivity (Wildman–Crippen MR) is 110 cm³/mol. The van der Waals surface area contributed by atoms with Gasteiger partial charge in [-0.2, -0.15) is 0 Å². The lowest BCUT2D eigenvalue weighted by molar-refractivity contribution is -0.129. The Morgan fingerprint density at radius 2 is 2.00 bits per heavy atom. The third kappa shape index (κ3) is 4.51. The summed E-state index contributed by atoms with van der Waals surface area (Å²) in [6, 6.07) is 13.5. The second-order valence-corrected chi connectivity index (χ2v) is 8.24. The van der Waals surface area contributed by atoms with Gasteiger partial charge in [-0.15, -0.1) is 0 Å². The summed E-state index contributed by atoms with van der Waals surface area (Å²) in [5.41, 5.74) is 3.05.